The number of nitriles is 1. The lowest BCUT2D eigenvalue weighted by molar-refractivity contribution is 0.0522. The van der Waals surface area contributed by atoms with Gasteiger partial charge in [-0.05, 0) is 24.6 Å². The number of rotatable bonds is 5. The Morgan fingerprint density at radius 3 is 2.71 bits per heavy atom. The highest BCUT2D eigenvalue weighted by Crippen LogP contribution is 2.33. The predicted molar refractivity (Wildman–Crippen MR) is 86.2 cm³/mol. The molecular formula is C17H12BrF2NO3. The van der Waals surface area contributed by atoms with Crippen molar-refractivity contribution in [3.8, 4) is 17.6 Å². The van der Waals surface area contributed by atoms with Crippen LogP contribution in [-0.2, 0) is 10.1 Å². The first-order chi connectivity index (χ1) is 11.5. The van der Waals surface area contributed by atoms with Gasteiger partial charge in [0.25, 0.3) is 0 Å². The number of benzene rings is 2. The minimum atomic E-state index is -1.04. The molecule has 2 aromatic rings. The monoisotopic (exact) mass is 395 g/mol. The fourth-order valence-corrected chi connectivity index (χ4v) is 2.53. The van der Waals surface area contributed by atoms with Crippen molar-refractivity contribution in [2.45, 2.75) is 12.3 Å². The van der Waals surface area contributed by atoms with Gasteiger partial charge in [0.15, 0.2) is 11.6 Å². The van der Waals surface area contributed by atoms with E-state index >= 15 is 0 Å². The molecule has 0 aromatic heterocycles. The van der Waals surface area contributed by atoms with Crippen molar-refractivity contribution in [3.05, 3.63) is 58.7 Å². The Balaban J connectivity index is 2.55. The second kappa shape index (κ2) is 7.88. The van der Waals surface area contributed by atoms with Crippen molar-refractivity contribution < 1.29 is 23.0 Å². The zero-order valence-corrected chi connectivity index (χ0v) is 14.2. The highest BCUT2D eigenvalue weighted by atomic mass is 79.9. The van der Waals surface area contributed by atoms with Crippen molar-refractivity contribution in [3.63, 3.8) is 0 Å². The minimum absolute atomic E-state index is 0.0207. The highest BCUT2D eigenvalue weighted by molar-refractivity contribution is 9.08. The van der Waals surface area contributed by atoms with Crippen LogP contribution in [0.1, 0.15) is 28.4 Å². The van der Waals surface area contributed by atoms with E-state index in [4.69, 9.17) is 14.7 Å². The van der Waals surface area contributed by atoms with Gasteiger partial charge >= 0.3 is 5.97 Å². The van der Waals surface area contributed by atoms with Crippen LogP contribution in [0, 0.1) is 23.0 Å². The fraction of sp³-hybridized carbons (Fsp3) is 0.176. The third-order valence-electron chi connectivity index (χ3n) is 3.08. The van der Waals surface area contributed by atoms with Crippen molar-refractivity contribution in [1.29, 1.82) is 5.26 Å². The standard InChI is InChI=1S/C17H12BrF2NO3/c1-2-23-17(22)15-10(8-18)4-3-5-14(15)24-16-11(9-21)6-12(19)7-13(16)20/h3-7H,2,8H2,1H3. The second-order valence-electron chi connectivity index (χ2n) is 4.62. The summed E-state index contributed by atoms with van der Waals surface area (Å²) in [7, 11) is 0. The molecule has 124 valence electrons. The van der Waals surface area contributed by atoms with E-state index in [1.807, 2.05) is 0 Å². The van der Waals surface area contributed by atoms with E-state index in [-0.39, 0.29) is 23.5 Å². The average Bonchev–Trinajstić information content (AvgIpc) is 2.56. The van der Waals surface area contributed by atoms with Crippen molar-refractivity contribution in [2.75, 3.05) is 6.61 Å². The Hall–Kier alpha value is -2.46. The molecule has 0 unspecified atom stereocenters. The van der Waals surface area contributed by atoms with E-state index < -0.39 is 23.4 Å². The number of carbonyl (C=O) groups excluding carboxylic acids is 1. The van der Waals surface area contributed by atoms with E-state index in [1.165, 1.54) is 6.07 Å². The molecule has 0 saturated carbocycles. The van der Waals surface area contributed by atoms with Crippen LogP contribution >= 0.6 is 15.9 Å². The molecule has 2 rings (SSSR count). The SMILES string of the molecule is CCOC(=O)c1c(CBr)cccc1Oc1c(F)cc(F)cc1C#N. The average molecular weight is 396 g/mol. The first kappa shape index (κ1) is 17.9. The van der Waals surface area contributed by atoms with Crippen LogP contribution < -0.4 is 4.74 Å². The Morgan fingerprint density at radius 1 is 1.33 bits per heavy atom. The molecule has 0 aliphatic carbocycles. The lowest BCUT2D eigenvalue weighted by Gasteiger charge is -2.14. The molecule has 24 heavy (non-hydrogen) atoms. The summed E-state index contributed by atoms with van der Waals surface area (Å²) < 4.78 is 37.7. The predicted octanol–water partition coefficient (Wildman–Crippen LogP) is 4.70. The number of nitrogens with zero attached hydrogens (tertiary/aromatic N) is 1. The van der Waals surface area contributed by atoms with E-state index in [2.05, 4.69) is 15.9 Å². The maximum atomic E-state index is 14.0. The number of ether oxygens (including phenoxy) is 2. The molecular weight excluding hydrogens is 384 g/mol. The summed E-state index contributed by atoms with van der Waals surface area (Å²) in [6, 6.07) is 7.87. The Kier molecular flexibility index (Phi) is 5.88. The zero-order chi connectivity index (χ0) is 17.7. The Morgan fingerprint density at radius 2 is 2.08 bits per heavy atom. The second-order valence-corrected chi connectivity index (χ2v) is 5.18. The summed E-state index contributed by atoms with van der Waals surface area (Å²) in [6.45, 7) is 1.81. The summed E-state index contributed by atoms with van der Waals surface area (Å²) in [5.74, 6) is -2.99. The molecule has 7 heteroatoms. The van der Waals surface area contributed by atoms with Gasteiger partial charge in [-0.3, -0.25) is 0 Å². The van der Waals surface area contributed by atoms with Crippen LogP contribution in [0.2, 0.25) is 0 Å². The van der Waals surface area contributed by atoms with Gasteiger partial charge in [0.1, 0.15) is 28.8 Å². The first-order valence-electron chi connectivity index (χ1n) is 6.93. The number of alkyl halides is 1. The zero-order valence-electron chi connectivity index (χ0n) is 12.6. The van der Waals surface area contributed by atoms with Gasteiger partial charge in [-0.15, -0.1) is 0 Å². The quantitative estimate of drug-likeness (QED) is 0.543. The first-order valence-corrected chi connectivity index (χ1v) is 8.05. The van der Waals surface area contributed by atoms with Crippen LogP contribution in [0.5, 0.6) is 11.5 Å². The maximum absolute atomic E-state index is 14.0. The summed E-state index contributed by atoms with van der Waals surface area (Å²) in [4.78, 5) is 12.2. The molecule has 4 nitrogen and oxygen atoms in total. The van der Waals surface area contributed by atoms with Gasteiger partial charge in [0.2, 0.25) is 0 Å². The summed E-state index contributed by atoms with van der Waals surface area (Å²) in [5, 5.41) is 9.39. The van der Waals surface area contributed by atoms with E-state index in [1.54, 1.807) is 25.1 Å². The molecule has 0 saturated heterocycles. The molecule has 0 aliphatic heterocycles. The van der Waals surface area contributed by atoms with Gasteiger partial charge in [-0.2, -0.15) is 5.26 Å². The number of hydrogen-bond acceptors (Lipinski definition) is 4. The van der Waals surface area contributed by atoms with Crippen LogP contribution in [-0.4, -0.2) is 12.6 Å². The lowest BCUT2D eigenvalue weighted by atomic mass is 10.1. The minimum Gasteiger partial charge on any atom is -0.462 e. The molecule has 0 spiro atoms. The molecule has 0 radical (unpaired) electrons. The largest absolute Gasteiger partial charge is 0.462 e. The number of esters is 1. The number of carbonyl (C=O) groups is 1. The van der Waals surface area contributed by atoms with Crippen LogP contribution in [0.25, 0.3) is 0 Å². The molecule has 0 N–H and O–H groups in total. The fourth-order valence-electron chi connectivity index (χ4n) is 2.07. The van der Waals surface area contributed by atoms with E-state index in [0.717, 1.165) is 6.07 Å². The number of halogens is 3. The van der Waals surface area contributed by atoms with Crippen molar-refractivity contribution in [1.82, 2.24) is 0 Å². The van der Waals surface area contributed by atoms with E-state index in [0.29, 0.717) is 17.0 Å². The molecule has 0 fully saturated rings. The Bertz CT molecular complexity index is 818. The maximum Gasteiger partial charge on any atom is 0.342 e. The van der Waals surface area contributed by atoms with Crippen LogP contribution in [0.4, 0.5) is 8.78 Å². The third-order valence-corrected chi connectivity index (χ3v) is 3.68. The van der Waals surface area contributed by atoms with Gasteiger partial charge < -0.3 is 9.47 Å². The summed E-state index contributed by atoms with van der Waals surface area (Å²) in [6.07, 6.45) is 0. The normalized spacial score (nSPS) is 10.1. The molecule has 0 atom stereocenters. The summed E-state index contributed by atoms with van der Waals surface area (Å²) >= 11 is 3.26. The smallest absolute Gasteiger partial charge is 0.342 e. The lowest BCUT2D eigenvalue weighted by Crippen LogP contribution is -2.10. The van der Waals surface area contributed by atoms with Crippen LogP contribution in [0.15, 0.2) is 30.3 Å². The van der Waals surface area contributed by atoms with Gasteiger partial charge in [0.05, 0.1) is 6.61 Å². The van der Waals surface area contributed by atoms with E-state index in [9.17, 15) is 13.6 Å². The number of hydrogen-bond donors (Lipinski definition) is 0. The molecule has 0 aliphatic rings. The topological polar surface area (TPSA) is 59.3 Å². The Labute approximate surface area is 145 Å². The van der Waals surface area contributed by atoms with Gasteiger partial charge in [0, 0.05) is 11.4 Å². The van der Waals surface area contributed by atoms with Gasteiger partial charge in [-0.1, -0.05) is 28.1 Å². The van der Waals surface area contributed by atoms with Crippen molar-refractivity contribution in [2.24, 2.45) is 0 Å². The molecule has 2 aromatic carbocycles. The molecule has 0 bridgehead atoms. The highest BCUT2D eigenvalue weighted by Gasteiger charge is 2.21. The van der Waals surface area contributed by atoms with Crippen LogP contribution in [0.3, 0.4) is 0 Å². The molecule has 0 heterocycles. The van der Waals surface area contributed by atoms with Gasteiger partial charge in [-0.25, -0.2) is 13.6 Å². The third kappa shape index (κ3) is 3.71. The van der Waals surface area contributed by atoms with Crippen molar-refractivity contribution >= 4 is 21.9 Å². The molecule has 0 amide bonds. The summed E-state index contributed by atoms with van der Waals surface area (Å²) in [5.41, 5.74) is 0.377.